The highest BCUT2D eigenvalue weighted by atomic mass is 16.5. The summed E-state index contributed by atoms with van der Waals surface area (Å²) < 4.78 is 11.3. The lowest BCUT2D eigenvalue weighted by Crippen LogP contribution is -2.44. The highest BCUT2D eigenvalue weighted by Crippen LogP contribution is 2.51. The second kappa shape index (κ2) is 7.34. The van der Waals surface area contributed by atoms with Gasteiger partial charge >= 0.3 is 0 Å². The third kappa shape index (κ3) is 3.25. The molecule has 2 saturated heterocycles. The van der Waals surface area contributed by atoms with E-state index in [2.05, 4.69) is 54.4 Å². The summed E-state index contributed by atoms with van der Waals surface area (Å²) in [5.74, 6) is 2.67. The molecular formula is C25H28N2O2. The first-order chi connectivity index (χ1) is 14.1. The van der Waals surface area contributed by atoms with Gasteiger partial charge in [-0.2, -0.15) is 0 Å². The number of ether oxygens (including phenoxy) is 1. The molecule has 0 amide bonds. The van der Waals surface area contributed by atoms with Crippen molar-refractivity contribution in [3.63, 3.8) is 0 Å². The Morgan fingerprint density at radius 1 is 1.03 bits per heavy atom. The fourth-order valence-electron chi connectivity index (χ4n) is 5.36. The molecule has 2 aliphatic rings. The lowest BCUT2D eigenvalue weighted by molar-refractivity contribution is 0.122. The second-order valence-corrected chi connectivity index (χ2v) is 8.59. The normalized spacial score (nSPS) is 26.6. The van der Waals surface area contributed by atoms with E-state index in [0.717, 1.165) is 22.8 Å². The van der Waals surface area contributed by atoms with Gasteiger partial charge in [0.1, 0.15) is 17.2 Å². The van der Waals surface area contributed by atoms with Crippen LogP contribution in [-0.2, 0) is 0 Å². The van der Waals surface area contributed by atoms with Crippen LogP contribution < -0.4 is 4.74 Å². The number of nitrogens with zero attached hydrogens (tertiary/aromatic N) is 2. The molecule has 29 heavy (non-hydrogen) atoms. The molecule has 3 heterocycles. The first kappa shape index (κ1) is 18.4. The molecule has 2 aromatic carbocycles. The zero-order chi connectivity index (χ0) is 20.0. The first-order valence-electron chi connectivity index (χ1n) is 10.5. The van der Waals surface area contributed by atoms with Crippen molar-refractivity contribution in [3.05, 3.63) is 71.5 Å². The van der Waals surface area contributed by atoms with Gasteiger partial charge in [0, 0.05) is 29.6 Å². The topological polar surface area (TPSA) is 38.5 Å². The van der Waals surface area contributed by atoms with E-state index in [0.29, 0.717) is 23.9 Å². The first-order valence-corrected chi connectivity index (χ1v) is 10.5. The van der Waals surface area contributed by atoms with Gasteiger partial charge in [-0.15, -0.1) is 0 Å². The molecule has 4 nitrogen and oxygen atoms in total. The molecule has 4 heteroatoms. The zero-order valence-electron chi connectivity index (χ0n) is 17.3. The van der Waals surface area contributed by atoms with Crippen molar-refractivity contribution in [2.45, 2.75) is 50.1 Å². The number of aryl methyl sites for hydroxylation is 1. The summed E-state index contributed by atoms with van der Waals surface area (Å²) in [4.78, 5) is 2.57. The Kier molecular flexibility index (Phi) is 4.67. The number of piperidine rings is 1. The van der Waals surface area contributed by atoms with Crippen molar-refractivity contribution in [2.24, 2.45) is 0 Å². The van der Waals surface area contributed by atoms with Crippen molar-refractivity contribution in [2.75, 3.05) is 14.2 Å². The maximum absolute atomic E-state index is 5.98. The van der Waals surface area contributed by atoms with E-state index in [4.69, 9.17) is 9.26 Å². The molecule has 4 atom stereocenters. The third-order valence-corrected chi connectivity index (χ3v) is 7.02. The van der Waals surface area contributed by atoms with Crippen LogP contribution in [0.4, 0.5) is 0 Å². The molecular weight excluding hydrogens is 360 g/mol. The summed E-state index contributed by atoms with van der Waals surface area (Å²) >= 11 is 0. The molecule has 150 valence electrons. The average Bonchev–Trinajstić information content (AvgIpc) is 3.31. The second-order valence-electron chi connectivity index (χ2n) is 8.59. The fourth-order valence-corrected chi connectivity index (χ4v) is 5.36. The van der Waals surface area contributed by atoms with E-state index in [1.807, 2.05) is 24.3 Å². The van der Waals surface area contributed by atoms with E-state index in [9.17, 15) is 0 Å². The molecule has 5 rings (SSSR count). The largest absolute Gasteiger partial charge is 0.497 e. The van der Waals surface area contributed by atoms with E-state index in [1.54, 1.807) is 7.11 Å². The Morgan fingerprint density at radius 2 is 1.79 bits per heavy atom. The molecule has 0 saturated carbocycles. The number of likely N-dealkylation sites (N-methyl/N-ethyl adjacent to an activating group) is 1. The van der Waals surface area contributed by atoms with Gasteiger partial charge in [0.2, 0.25) is 0 Å². The van der Waals surface area contributed by atoms with Gasteiger partial charge in [-0.1, -0.05) is 35.0 Å². The van der Waals surface area contributed by atoms with Crippen LogP contribution in [0.5, 0.6) is 5.75 Å². The molecule has 2 fully saturated rings. The third-order valence-electron chi connectivity index (χ3n) is 7.02. The summed E-state index contributed by atoms with van der Waals surface area (Å²) in [7, 11) is 3.96. The Balaban J connectivity index is 1.50. The Labute approximate surface area is 172 Å². The number of benzene rings is 2. The lowest BCUT2D eigenvalue weighted by atomic mass is 9.74. The maximum Gasteiger partial charge on any atom is 0.142 e. The maximum atomic E-state index is 5.98. The molecule has 2 bridgehead atoms. The summed E-state index contributed by atoms with van der Waals surface area (Å²) in [5.41, 5.74) is 4.69. The van der Waals surface area contributed by atoms with Gasteiger partial charge in [-0.05, 0) is 69.0 Å². The van der Waals surface area contributed by atoms with Gasteiger partial charge in [-0.25, -0.2) is 0 Å². The van der Waals surface area contributed by atoms with Crippen LogP contribution in [0, 0.1) is 6.92 Å². The Morgan fingerprint density at radius 3 is 2.52 bits per heavy atom. The van der Waals surface area contributed by atoms with Crippen LogP contribution in [0.2, 0.25) is 0 Å². The minimum absolute atomic E-state index is 0.334. The van der Waals surface area contributed by atoms with Crippen LogP contribution >= 0.6 is 0 Å². The summed E-state index contributed by atoms with van der Waals surface area (Å²) in [6.07, 6.45) is 3.69. The number of methoxy groups -OCH3 is 1. The van der Waals surface area contributed by atoms with Crippen LogP contribution in [0.3, 0.4) is 0 Å². The quantitative estimate of drug-likeness (QED) is 0.600. The number of hydrogen-bond donors (Lipinski definition) is 0. The minimum atomic E-state index is 0.334. The molecule has 2 aliphatic heterocycles. The van der Waals surface area contributed by atoms with Crippen LogP contribution in [0.15, 0.2) is 59.1 Å². The highest BCUT2D eigenvalue weighted by molar-refractivity contribution is 5.60. The van der Waals surface area contributed by atoms with Gasteiger partial charge < -0.3 is 9.26 Å². The summed E-state index contributed by atoms with van der Waals surface area (Å²) in [5, 5.41) is 4.43. The summed E-state index contributed by atoms with van der Waals surface area (Å²) in [6.45, 7) is 2.15. The number of aromatic nitrogens is 1. The predicted molar refractivity (Wildman–Crippen MR) is 114 cm³/mol. The molecule has 0 N–H and O–H groups in total. The van der Waals surface area contributed by atoms with Gasteiger partial charge in [0.25, 0.3) is 0 Å². The molecule has 0 spiro atoms. The number of fused-ring (bicyclic) bond motifs is 2. The van der Waals surface area contributed by atoms with Gasteiger partial charge in [0.05, 0.1) is 7.11 Å². The van der Waals surface area contributed by atoms with E-state index >= 15 is 0 Å². The van der Waals surface area contributed by atoms with Crippen molar-refractivity contribution in [1.82, 2.24) is 10.1 Å². The minimum Gasteiger partial charge on any atom is -0.497 e. The fraction of sp³-hybridized carbons (Fsp3) is 0.400. The van der Waals surface area contributed by atoms with E-state index < -0.39 is 0 Å². The monoisotopic (exact) mass is 388 g/mol. The van der Waals surface area contributed by atoms with Crippen LogP contribution in [0.1, 0.15) is 48.0 Å². The van der Waals surface area contributed by atoms with Crippen molar-refractivity contribution < 1.29 is 9.26 Å². The predicted octanol–water partition coefficient (Wildman–Crippen LogP) is 5.39. The highest BCUT2D eigenvalue weighted by Gasteiger charge is 2.48. The van der Waals surface area contributed by atoms with E-state index in [1.165, 1.54) is 30.4 Å². The summed E-state index contributed by atoms with van der Waals surface area (Å²) in [6, 6.07) is 20.4. The lowest BCUT2D eigenvalue weighted by Gasteiger charge is -2.42. The Hall–Kier alpha value is -2.59. The average molecular weight is 389 g/mol. The molecule has 0 aliphatic carbocycles. The Bertz CT molecular complexity index is 977. The SMILES string of the molecule is COc1ccc(-c2cc([C@@H]3C4CCC(C[C@@H]3c3ccc(C)cc3)N4C)on2)cc1. The van der Waals surface area contributed by atoms with Crippen LogP contribution in [0.25, 0.3) is 11.3 Å². The molecule has 1 aromatic heterocycles. The molecule has 0 radical (unpaired) electrons. The molecule has 3 aromatic rings. The smallest absolute Gasteiger partial charge is 0.142 e. The van der Waals surface area contributed by atoms with Crippen LogP contribution in [-0.4, -0.2) is 36.3 Å². The number of hydrogen-bond acceptors (Lipinski definition) is 4. The van der Waals surface area contributed by atoms with Gasteiger partial charge in [-0.3, -0.25) is 4.90 Å². The number of rotatable bonds is 4. The van der Waals surface area contributed by atoms with Crippen molar-refractivity contribution in [1.29, 1.82) is 0 Å². The zero-order valence-corrected chi connectivity index (χ0v) is 17.3. The molecule has 2 unspecified atom stereocenters. The standard InChI is InChI=1S/C25H28N2O2/c1-16-4-6-17(7-5-16)21-14-19-10-13-23(27(19)2)25(21)24-15-22(26-29-24)18-8-11-20(28-3)12-9-18/h4-9,11-12,15,19,21,23,25H,10,13-14H2,1-3H3/t19?,21-,23?,25+/m1/s1. The van der Waals surface area contributed by atoms with Crippen molar-refractivity contribution >= 4 is 0 Å². The van der Waals surface area contributed by atoms with E-state index in [-0.39, 0.29) is 0 Å². The van der Waals surface area contributed by atoms with Crippen molar-refractivity contribution in [3.8, 4) is 17.0 Å². The van der Waals surface area contributed by atoms with Gasteiger partial charge in [0.15, 0.2) is 0 Å².